The standard InChI is InChI=1S/C18H13BrFNO4/c19-12-3-4-14(20)13(8-12)18(24)25-9-16(22)11-1-5-15-10(7-11)2-6-17(23)21-15/h1,3-5,7-8H,2,6,9H2,(H,21,23). The van der Waals surface area contributed by atoms with Gasteiger partial charge in [-0.1, -0.05) is 15.9 Å². The van der Waals surface area contributed by atoms with E-state index in [1.165, 1.54) is 12.1 Å². The number of carbonyl (C=O) groups is 3. The quantitative estimate of drug-likeness (QED) is 0.623. The van der Waals surface area contributed by atoms with E-state index in [1.54, 1.807) is 18.2 Å². The van der Waals surface area contributed by atoms with E-state index < -0.39 is 24.2 Å². The molecule has 0 atom stereocenters. The Morgan fingerprint density at radius 3 is 2.76 bits per heavy atom. The van der Waals surface area contributed by atoms with Crippen molar-refractivity contribution in [3.63, 3.8) is 0 Å². The third-order valence-corrected chi connectivity index (χ3v) is 4.30. The Kier molecular flexibility index (Phi) is 4.94. The van der Waals surface area contributed by atoms with Crippen molar-refractivity contribution in [2.24, 2.45) is 0 Å². The number of esters is 1. The summed E-state index contributed by atoms with van der Waals surface area (Å²) >= 11 is 3.15. The summed E-state index contributed by atoms with van der Waals surface area (Å²) in [5, 5.41) is 2.73. The van der Waals surface area contributed by atoms with E-state index in [4.69, 9.17) is 4.74 Å². The second kappa shape index (κ2) is 7.14. The van der Waals surface area contributed by atoms with Gasteiger partial charge in [-0.05, 0) is 48.4 Å². The Labute approximate surface area is 151 Å². The number of halogens is 2. The number of fused-ring (bicyclic) bond motifs is 1. The molecule has 3 rings (SSSR count). The van der Waals surface area contributed by atoms with Crippen molar-refractivity contribution in [3.05, 3.63) is 63.4 Å². The monoisotopic (exact) mass is 405 g/mol. The maximum atomic E-state index is 13.6. The molecule has 1 heterocycles. The van der Waals surface area contributed by atoms with Crippen molar-refractivity contribution < 1.29 is 23.5 Å². The van der Waals surface area contributed by atoms with E-state index in [0.717, 1.165) is 11.6 Å². The van der Waals surface area contributed by atoms with Gasteiger partial charge < -0.3 is 10.1 Å². The Balaban J connectivity index is 1.67. The molecule has 0 bridgehead atoms. The summed E-state index contributed by atoms with van der Waals surface area (Å²) in [4.78, 5) is 35.5. The predicted molar refractivity (Wildman–Crippen MR) is 92.1 cm³/mol. The highest BCUT2D eigenvalue weighted by Gasteiger charge is 2.19. The number of hydrogen-bond acceptors (Lipinski definition) is 4. The number of rotatable bonds is 4. The van der Waals surface area contributed by atoms with Gasteiger partial charge in [0, 0.05) is 22.1 Å². The molecule has 128 valence electrons. The molecule has 1 aliphatic heterocycles. The lowest BCUT2D eigenvalue weighted by Gasteiger charge is -2.17. The first-order chi connectivity index (χ1) is 11.9. The summed E-state index contributed by atoms with van der Waals surface area (Å²) in [6.45, 7) is -0.490. The summed E-state index contributed by atoms with van der Waals surface area (Å²) in [6, 6.07) is 8.77. The number of benzene rings is 2. The van der Waals surface area contributed by atoms with Gasteiger partial charge in [-0.3, -0.25) is 9.59 Å². The van der Waals surface area contributed by atoms with Gasteiger partial charge in [-0.15, -0.1) is 0 Å². The molecule has 1 N–H and O–H groups in total. The normalized spacial score (nSPS) is 13.0. The molecule has 0 spiro atoms. The van der Waals surface area contributed by atoms with Gasteiger partial charge in [-0.2, -0.15) is 0 Å². The fraction of sp³-hybridized carbons (Fsp3) is 0.167. The lowest BCUT2D eigenvalue weighted by atomic mass is 9.99. The highest BCUT2D eigenvalue weighted by atomic mass is 79.9. The third-order valence-electron chi connectivity index (χ3n) is 3.81. The number of anilines is 1. The number of aryl methyl sites for hydroxylation is 1. The maximum Gasteiger partial charge on any atom is 0.341 e. The molecule has 5 nitrogen and oxygen atoms in total. The van der Waals surface area contributed by atoms with Crippen molar-refractivity contribution in [2.75, 3.05) is 11.9 Å². The van der Waals surface area contributed by atoms with Crippen LogP contribution >= 0.6 is 15.9 Å². The fourth-order valence-corrected chi connectivity index (χ4v) is 2.86. The number of amides is 1. The van der Waals surface area contributed by atoms with E-state index >= 15 is 0 Å². The SMILES string of the molecule is O=C1CCc2cc(C(=O)COC(=O)c3cc(Br)ccc3F)ccc2N1. The number of hydrogen-bond donors (Lipinski definition) is 1. The van der Waals surface area contributed by atoms with Crippen LogP contribution in [0.5, 0.6) is 0 Å². The highest BCUT2D eigenvalue weighted by Crippen LogP contribution is 2.24. The number of ketones is 1. The maximum absolute atomic E-state index is 13.6. The van der Waals surface area contributed by atoms with Gasteiger partial charge >= 0.3 is 5.97 Å². The third kappa shape index (κ3) is 3.93. The van der Waals surface area contributed by atoms with Crippen LogP contribution in [0.25, 0.3) is 0 Å². The number of nitrogens with one attached hydrogen (secondary N) is 1. The Morgan fingerprint density at radius 2 is 1.96 bits per heavy atom. The van der Waals surface area contributed by atoms with Crippen LogP contribution in [0.4, 0.5) is 10.1 Å². The minimum absolute atomic E-state index is 0.0587. The smallest absolute Gasteiger partial charge is 0.341 e. The van der Waals surface area contributed by atoms with Crippen LogP contribution < -0.4 is 5.32 Å². The van der Waals surface area contributed by atoms with Gasteiger partial charge in [-0.25, -0.2) is 9.18 Å². The van der Waals surface area contributed by atoms with Gasteiger partial charge in [0.1, 0.15) is 5.82 Å². The zero-order valence-electron chi connectivity index (χ0n) is 13.0. The molecule has 0 saturated carbocycles. The van der Waals surface area contributed by atoms with E-state index in [9.17, 15) is 18.8 Å². The van der Waals surface area contributed by atoms with Crippen molar-refractivity contribution in [1.29, 1.82) is 0 Å². The predicted octanol–water partition coefficient (Wildman–Crippen LogP) is 3.51. The molecular formula is C18H13BrFNO4. The number of carbonyl (C=O) groups excluding carboxylic acids is 3. The van der Waals surface area contributed by atoms with Crippen LogP contribution in [0.2, 0.25) is 0 Å². The molecule has 25 heavy (non-hydrogen) atoms. The van der Waals surface area contributed by atoms with E-state index in [2.05, 4.69) is 21.2 Å². The molecule has 0 unspecified atom stereocenters. The minimum atomic E-state index is -0.905. The van der Waals surface area contributed by atoms with Crippen LogP contribution in [-0.4, -0.2) is 24.3 Å². The fourth-order valence-electron chi connectivity index (χ4n) is 2.50. The average Bonchev–Trinajstić information content (AvgIpc) is 2.60. The highest BCUT2D eigenvalue weighted by molar-refractivity contribution is 9.10. The van der Waals surface area contributed by atoms with Crippen LogP contribution in [0.1, 0.15) is 32.7 Å². The molecule has 0 aromatic heterocycles. The van der Waals surface area contributed by atoms with Crippen LogP contribution in [0, 0.1) is 5.82 Å². The number of ether oxygens (including phenoxy) is 1. The first-order valence-electron chi connectivity index (χ1n) is 7.52. The molecule has 1 aliphatic rings. The first-order valence-corrected chi connectivity index (χ1v) is 8.31. The molecule has 0 aliphatic carbocycles. The zero-order chi connectivity index (χ0) is 18.0. The molecular weight excluding hydrogens is 393 g/mol. The molecule has 7 heteroatoms. The summed E-state index contributed by atoms with van der Waals surface area (Å²) < 4.78 is 19.1. The van der Waals surface area contributed by atoms with Gasteiger partial charge in [0.25, 0.3) is 0 Å². The molecule has 0 radical (unpaired) electrons. The minimum Gasteiger partial charge on any atom is -0.454 e. The van der Waals surface area contributed by atoms with Crippen molar-refractivity contribution in [3.8, 4) is 0 Å². The molecule has 2 aromatic carbocycles. The van der Waals surface area contributed by atoms with Gasteiger partial charge in [0.15, 0.2) is 12.4 Å². The molecule has 0 saturated heterocycles. The zero-order valence-corrected chi connectivity index (χ0v) is 14.6. The summed E-state index contributed by atoms with van der Waals surface area (Å²) in [5.41, 5.74) is 1.67. The van der Waals surface area contributed by atoms with Crippen LogP contribution in [0.15, 0.2) is 40.9 Å². The van der Waals surface area contributed by atoms with Crippen molar-refractivity contribution in [1.82, 2.24) is 0 Å². The molecule has 0 fully saturated rings. The largest absolute Gasteiger partial charge is 0.454 e. The van der Waals surface area contributed by atoms with Crippen LogP contribution in [-0.2, 0) is 16.0 Å². The second-order valence-electron chi connectivity index (χ2n) is 5.54. The Morgan fingerprint density at radius 1 is 1.16 bits per heavy atom. The van der Waals surface area contributed by atoms with Crippen molar-refractivity contribution >= 4 is 39.3 Å². The Hall–Kier alpha value is -2.54. The van der Waals surface area contributed by atoms with Crippen LogP contribution in [0.3, 0.4) is 0 Å². The first kappa shape index (κ1) is 17.3. The van der Waals surface area contributed by atoms with Gasteiger partial charge in [0.05, 0.1) is 5.56 Å². The lowest BCUT2D eigenvalue weighted by molar-refractivity contribution is -0.116. The number of Topliss-reactive ketones (excluding diaryl/α,β-unsaturated/α-hetero) is 1. The van der Waals surface area contributed by atoms with E-state index in [0.29, 0.717) is 28.6 Å². The molecule has 1 amide bonds. The Bertz CT molecular complexity index is 881. The van der Waals surface area contributed by atoms with Crippen molar-refractivity contribution in [2.45, 2.75) is 12.8 Å². The summed E-state index contributed by atoms with van der Waals surface area (Å²) in [7, 11) is 0. The lowest BCUT2D eigenvalue weighted by Crippen LogP contribution is -2.20. The topological polar surface area (TPSA) is 72.5 Å². The second-order valence-corrected chi connectivity index (χ2v) is 6.46. The summed E-state index contributed by atoms with van der Waals surface area (Å²) in [5.74, 6) is -2.08. The van der Waals surface area contributed by atoms with E-state index in [-0.39, 0.29) is 11.5 Å². The average molecular weight is 406 g/mol. The van der Waals surface area contributed by atoms with E-state index in [1.807, 2.05) is 0 Å². The molecule has 2 aromatic rings. The summed E-state index contributed by atoms with van der Waals surface area (Å²) in [6.07, 6.45) is 0.910. The van der Waals surface area contributed by atoms with Gasteiger partial charge in [0.2, 0.25) is 5.91 Å².